The zero-order valence-electron chi connectivity index (χ0n) is 27.4. The highest BCUT2D eigenvalue weighted by Gasteiger charge is 2.23. The molecule has 12 nitrogen and oxygen atoms in total. The third kappa shape index (κ3) is 6.02. The van der Waals surface area contributed by atoms with Crippen LogP contribution < -0.4 is 21.7 Å². The van der Waals surface area contributed by atoms with Gasteiger partial charge in [0.15, 0.2) is 46.2 Å². The van der Waals surface area contributed by atoms with Gasteiger partial charge in [-0.05, 0) is 98.7 Å². The predicted octanol–water partition coefficient (Wildman–Crippen LogP) is 5.15. The molecule has 2 aromatic carbocycles. The first kappa shape index (κ1) is 32.3. The summed E-state index contributed by atoms with van der Waals surface area (Å²) in [6.45, 7) is 3.14. The Morgan fingerprint density at radius 3 is 1.71 bits per heavy atom. The summed E-state index contributed by atoms with van der Waals surface area (Å²) in [5.41, 5.74) is 13.3. The molecule has 0 bridgehead atoms. The Kier molecular flexibility index (Phi) is 8.59. The third-order valence-electron chi connectivity index (χ3n) is 9.04. The van der Waals surface area contributed by atoms with Gasteiger partial charge in [-0.1, -0.05) is 24.3 Å². The van der Waals surface area contributed by atoms with Crippen molar-refractivity contribution in [1.82, 2.24) is 29.4 Å². The number of hydrogen-bond acceptors (Lipinski definition) is 10. The number of rotatable bonds is 7. The normalized spacial score (nSPS) is 13.2. The molecule has 8 rings (SSSR count). The van der Waals surface area contributed by atoms with Gasteiger partial charge in [-0.2, -0.15) is 10.2 Å². The van der Waals surface area contributed by atoms with Crippen LogP contribution in [0, 0.1) is 11.6 Å². The second-order valence-electron chi connectivity index (χ2n) is 12.4. The fraction of sp³-hybridized carbons (Fsp3) is 0.273. The third-order valence-corrected chi connectivity index (χ3v) is 9.04. The van der Waals surface area contributed by atoms with Crippen molar-refractivity contribution in [3.8, 4) is 0 Å². The number of nitrogen functional groups attached to an aromatic ring is 1. The van der Waals surface area contributed by atoms with Gasteiger partial charge in [0, 0.05) is 18.4 Å². The van der Waals surface area contributed by atoms with E-state index in [-0.39, 0.29) is 17.5 Å². The SMILES string of the molecule is CB(O)n1nc(N)c2cc(F)c(Nc3cccc4c3CCC4)nc21.CNc1nn(B(C)O)c2nc(Nc3cccc4c3CCC4)c(F)cc12. The van der Waals surface area contributed by atoms with E-state index in [0.717, 1.165) is 49.9 Å². The molecule has 0 radical (unpaired) electrons. The van der Waals surface area contributed by atoms with Crippen LogP contribution in [0.25, 0.3) is 22.1 Å². The summed E-state index contributed by atoms with van der Waals surface area (Å²) >= 11 is 0. The molecule has 6 aromatic rings. The second kappa shape index (κ2) is 13.0. The van der Waals surface area contributed by atoms with Crippen LogP contribution in [0.2, 0.25) is 13.6 Å². The average molecular weight is 664 g/mol. The molecule has 4 heterocycles. The molecule has 7 N–H and O–H groups in total. The zero-order chi connectivity index (χ0) is 34.4. The molecule has 250 valence electrons. The summed E-state index contributed by atoms with van der Waals surface area (Å²) in [6.07, 6.45) is 6.28. The lowest BCUT2D eigenvalue weighted by Gasteiger charge is -2.12. The molecule has 0 unspecified atom stereocenters. The van der Waals surface area contributed by atoms with Crippen molar-refractivity contribution < 1.29 is 18.8 Å². The quantitative estimate of drug-likeness (QED) is 0.126. The first-order valence-corrected chi connectivity index (χ1v) is 16.3. The van der Waals surface area contributed by atoms with E-state index in [1.807, 2.05) is 24.3 Å². The molecular formula is C33H36B2F2N10O2. The molecule has 16 heteroatoms. The van der Waals surface area contributed by atoms with Gasteiger partial charge in [-0.25, -0.2) is 18.7 Å². The highest BCUT2D eigenvalue weighted by molar-refractivity contribution is 6.48. The lowest BCUT2D eigenvalue weighted by Crippen LogP contribution is -2.21. The molecule has 0 saturated heterocycles. The van der Waals surface area contributed by atoms with Crippen molar-refractivity contribution in [3.05, 3.63) is 82.4 Å². The molecule has 0 aliphatic heterocycles. The number of benzene rings is 2. The Bertz CT molecular complexity index is 2200. The number of nitrogens with one attached hydrogen (secondary N) is 3. The van der Waals surface area contributed by atoms with Gasteiger partial charge in [-0.15, -0.1) is 0 Å². The van der Waals surface area contributed by atoms with E-state index in [1.54, 1.807) is 20.7 Å². The van der Waals surface area contributed by atoms with Gasteiger partial charge < -0.3 is 31.7 Å². The standard InChI is InChI=1S/C17H19BFN5O.C16H17BFN5O/c1-18(25)24-17-12(15(20-2)23-24)9-13(19)16(22-17)21-14-8-4-6-10-5-3-7-11(10)14;1-17(24)23-16-11(14(19)22-23)8-12(18)15(21-16)20-13-7-3-5-9-4-2-6-10(9)13/h4,6,8-9,25H,3,5,7H2,1-2H3,(H,20,23)(H,21,22);3,5,7-8,24H,2,4,6H2,1H3,(H2,19,22)(H,20,21). The molecule has 4 aromatic heterocycles. The summed E-state index contributed by atoms with van der Waals surface area (Å²) in [5.74, 6) is -0.0968. The Hall–Kier alpha value is -5.21. The van der Waals surface area contributed by atoms with Crippen LogP contribution in [0.3, 0.4) is 0 Å². The molecule has 2 aliphatic carbocycles. The molecule has 0 amide bonds. The molecule has 0 saturated carbocycles. The van der Waals surface area contributed by atoms with E-state index in [4.69, 9.17) is 5.73 Å². The molecule has 0 spiro atoms. The van der Waals surface area contributed by atoms with Crippen molar-refractivity contribution in [2.24, 2.45) is 0 Å². The number of hydrogen-bond donors (Lipinski definition) is 6. The first-order valence-electron chi connectivity index (χ1n) is 16.3. The number of aromatic nitrogens is 6. The van der Waals surface area contributed by atoms with Crippen molar-refractivity contribution in [1.29, 1.82) is 0 Å². The van der Waals surface area contributed by atoms with Crippen LogP contribution in [0.5, 0.6) is 0 Å². The summed E-state index contributed by atoms with van der Waals surface area (Å²) in [4.78, 5) is 8.71. The van der Waals surface area contributed by atoms with E-state index in [9.17, 15) is 18.8 Å². The molecule has 2 aliphatic rings. The summed E-state index contributed by atoms with van der Waals surface area (Å²) < 4.78 is 31.8. The van der Waals surface area contributed by atoms with Crippen molar-refractivity contribution in [2.45, 2.75) is 52.2 Å². The monoisotopic (exact) mass is 664 g/mol. The van der Waals surface area contributed by atoms with Gasteiger partial charge in [0.25, 0.3) is 0 Å². The average Bonchev–Trinajstić information content (AvgIpc) is 3.88. The second-order valence-corrected chi connectivity index (χ2v) is 12.4. The van der Waals surface area contributed by atoms with Crippen LogP contribution in [-0.2, 0) is 25.7 Å². The minimum Gasteiger partial charge on any atom is -0.431 e. The maximum Gasteiger partial charge on any atom is 0.433 e. The fourth-order valence-corrected chi connectivity index (χ4v) is 6.71. The van der Waals surface area contributed by atoms with Crippen LogP contribution >= 0.6 is 0 Å². The number of fused-ring (bicyclic) bond motifs is 4. The molecule has 0 fully saturated rings. The predicted molar refractivity (Wildman–Crippen MR) is 191 cm³/mol. The minimum atomic E-state index is -0.906. The Balaban J connectivity index is 0.000000154. The highest BCUT2D eigenvalue weighted by Crippen LogP contribution is 2.34. The van der Waals surface area contributed by atoms with Crippen LogP contribution in [0.15, 0.2) is 48.5 Å². The fourth-order valence-electron chi connectivity index (χ4n) is 6.71. The Labute approximate surface area is 282 Å². The first-order chi connectivity index (χ1) is 23.6. The summed E-state index contributed by atoms with van der Waals surface area (Å²) in [7, 11) is -0.0705. The Morgan fingerprint density at radius 2 is 1.20 bits per heavy atom. The number of nitrogens with zero attached hydrogens (tertiary/aromatic N) is 6. The van der Waals surface area contributed by atoms with E-state index in [0.29, 0.717) is 27.9 Å². The minimum absolute atomic E-state index is 0.101. The maximum atomic E-state index is 14.6. The topological polar surface area (TPSA) is 164 Å². The number of aryl methyl sites for hydroxylation is 2. The van der Waals surface area contributed by atoms with Crippen molar-refractivity contribution >= 4 is 70.8 Å². The Morgan fingerprint density at radius 1 is 0.714 bits per heavy atom. The number of anilines is 6. The maximum absolute atomic E-state index is 14.6. The smallest absolute Gasteiger partial charge is 0.431 e. The number of nitrogens with two attached hydrogens (primary N) is 1. The lowest BCUT2D eigenvalue weighted by atomic mass is 9.89. The van der Waals surface area contributed by atoms with E-state index < -0.39 is 25.7 Å². The van der Waals surface area contributed by atoms with Gasteiger partial charge in [-0.3, -0.25) is 9.19 Å². The van der Waals surface area contributed by atoms with Gasteiger partial charge in [0.05, 0.1) is 10.8 Å². The van der Waals surface area contributed by atoms with Crippen LogP contribution in [0.1, 0.15) is 35.1 Å². The van der Waals surface area contributed by atoms with E-state index >= 15 is 0 Å². The van der Waals surface area contributed by atoms with Crippen LogP contribution in [0.4, 0.5) is 43.4 Å². The van der Waals surface area contributed by atoms with Gasteiger partial charge >= 0.3 is 14.1 Å². The summed E-state index contributed by atoms with van der Waals surface area (Å²) in [5, 5.41) is 38.0. The molecular weight excluding hydrogens is 628 g/mol. The zero-order valence-corrected chi connectivity index (χ0v) is 27.4. The lowest BCUT2D eigenvalue weighted by molar-refractivity contribution is 0.554. The summed E-state index contributed by atoms with van der Waals surface area (Å²) in [6, 6.07) is 14.7. The van der Waals surface area contributed by atoms with Crippen molar-refractivity contribution in [3.63, 3.8) is 0 Å². The molecule has 49 heavy (non-hydrogen) atoms. The van der Waals surface area contributed by atoms with Crippen LogP contribution in [-0.4, -0.2) is 60.5 Å². The van der Waals surface area contributed by atoms with E-state index in [2.05, 4.69) is 48.2 Å². The molecule has 0 atom stereocenters. The largest absolute Gasteiger partial charge is 0.433 e. The number of halogens is 2. The highest BCUT2D eigenvalue weighted by atomic mass is 19.1. The van der Waals surface area contributed by atoms with Gasteiger partial charge in [0.2, 0.25) is 0 Å². The van der Waals surface area contributed by atoms with Crippen molar-refractivity contribution in [2.75, 3.05) is 28.7 Å². The van der Waals surface area contributed by atoms with Gasteiger partial charge in [0.1, 0.15) is 0 Å². The van der Waals surface area contributed by atoms with E-state index in [1.165, 1.54) is 43.6 Å². The number of pyridine rings is 2.